The van der Waals surface area contributed by atoms with Crippen molar-refractivity contribution in [3.05, 3.63) is 52.5 Å². The van der Waals surface area contributed by atoms with Gasteiger partial charge in [-0.1, -0.05) is 11.6 Å². The maximum absolute atomic E-state index is 12.2. The van der Waals surface area contributed by atoms with Crippen LogP contribution in [-0.4, -0.2) is 17.9 Å². The van der Waals surface area contributed by atoms with E-state index in [1.165, 1.54) is 0 Å². The molecular weight excluding hydrogens is 326 g/mol. The Morgan fingerprint density at radius 3 is 2.42 bits per heavy atom. The minimum Gasteiger partial charge on any atom is -0.372 e. The first-order valence-corrected chi connectivity index (χ1v) is 8.04. The second kappa shape index (κ2) is 6.53. The predicted molar refractivity (Wildman–Crippen MR) is 96.7 cm³/mol. The maximum atomic E-state index is 12.2. The van der Waals surface area contributed by atoms with Crippen molar-refractivity contribution in [3.63, 3.8) is 0 Å². The molecule has 3 N–H and O–H groups in total. The van der Waals surface area contributed by atoms with E-state index in [4.69, 9.17) is 11.6 Å². The van der Waals surface area contributed by atoms with Crippen LogP contribution >= 0.6 is 11.6 Å². The Kier molecular flexibility index (Phi) is 4.44. The number of carbonyl (C=O) groups is 2. The molecule has 1 heterocycles. The summed E-state index contributed by atoms with van der Waals surface area (Å²) in [6.07, 6.45) is 0.0425. The molecule has 124 valence electrons. The van der Waals surface area contributed by atoms with E-state index in [9.17, 15) is 9.59 Å². The fourth-order valence-corrected chi connectivity index (χ4v) is 2.71. The molecule has 1 atom stereocenters. The lowest BCUT2D eigenvalue weighted by molar-refractivity contribution is -0.122. The zero-order valence-corrected chi connectivity index (χ0v) is 14.2. The van der Waals surface area contributed by atoms with Crippen LogP contribution in [0.15, 0.2) is 36.4 Å². The second-order valence-electron chi connectivity index (χ2n) is 5.93. The van der Waals surface area contributed by atoms with Crippen LogP contribution in [-0.2, 0) is 9.59 Å². The highest BCUT2D eigenvalue weighted by Crippen LogP contribution is 2.30. The molecule has 2 aromatic rings. The van der Waals surface area contributed by atoms with E-state index in [2.05, 4.69) is 16.0 Å². The number of aryl methyl sites for hydroxylation is 2. The third-order valence-electron chi connectivity index (χ3n) is 4.06. The van der Waals surface area contributed by atoms with Crippen LogP contribution in [0.1, 0.15) is 17.5 Å². The number of hydrogen-bond donors (Lipinski definition) is 3. The maximum Gasteiger partial charge on any atom is 0.247 e. The Hall–Kier alpha value is -2.53. The number of halogens is 1. The Bertz CT molecular complexity index is 803. The van der Waals surface area contributed by atoms with Crippen LogP contribution in [0, 0.1) is 13.8 Å². The third kappa shape index (κ3) is 3.51. The number of amides is 2. The average molecular weight is 344 g/mol. The molecule has 2 aromatic carbocycles. The molecule has 2 amide bonds. The van der Waals surface area contributed by atoms with Gasteiger partial charge < -0.3 is 16.0 Å². The van der Waals surface area contributed by atoms with E-state index in [1.54, 1.807) is 24.3 Å². The van der Waals surface area contributed by atoms with E-state index >= 15 is 0 Å². The van der Waals surface area contributed by atoms with E-state index in [1.807, 2.05) is 26.0 Å². The topological polar surface area (TPSA) is 70.2 Å². The van der Waals surface area contributed by atoms with Crippen molar-refractivity contribution in [2.24, 2.45) is 0 Å². The largest absolute Gasteiger partial charge is 0.372 e. The molecule has 1 aliphatic heterocycles. The summed E-state index contributed by atoms with van der Waals surface area (Å²) in [6.45, 7) is 4.00. The Morgan fingerprint density at radius 1 is 1.12 bits per heavy atom. The number of carbonyl (C=O) groups excluding carboxylic acids is 2. The van der Waals surface area contributed by atoms with Crippen molar-refractivity contribution >= 4 is 40.5 Å². The molecule has 0 spiro atoms. The van der Waals surface area contributed by atoms with Crippen LogP contribution in [0.25, 0.3) is 0 Å². The Morgan fingerprint density at radius 2 is 1.75 bits per heavy atom. The molecule has 0 aromatic heterocycles. The van der Waals surface area contributed by atoms with E-state index in [-0.39, 0.29) is 18.2 Å². The molecule has 6 heteroatoms. The van der Waals surface area contributed by atoms with Crippen molar-refractivity contribution in [3.8, 4) is 0 Å². The quantitative estimate of drug-likeness (QED) is 0.795. The molecule has 1 unspecified atom stereocenters. The van der Waals surface area contributed by atoms with Gasteiger partial charge in [-0.15, -0.1) is 0 Å². The third-order valence-corrected chi connectivity index (χ3v) is 4.31. The summed E-state index contributed by atoms with van der Waals surface area (Å²) in [5.41, 5.74) is 4.46. The number of rotatable bonds is 3. The lowest BCUT2D eigenvalue weighted by Gasteiger charge is -2.27. The number of benzene rings is 2. The first-order valence-electron chi connectivity index (χ1n) is 7.66. The highest BCUT2D eigenvalue weighted by Gasteiger charge is 2.27. The summed E-state index contributed by atoms with van der Waals surface area (Å²) in [6, 6.07) is 10.1. The smallest absolute Gasteiger partial charge is 0.247 e. The van der Waals surface area contributed by atoms with Crippen molar-refractivity contribution < 1.29 is 9.59 Å². The number of nitrogens with one attached hydrogen (secondary N) is 3. The predicted octanol–water partition coefficient (Wildman–Crippen LogP) is 3.72. The number of fused-ring (bicyclic) bond motifs is 1. The van der Waals surface area contributed by atoms with Gasteiger partial charge >= 0.3 is 0 Å². The fourth-order valence-electron chi connectivity index (χ4n) is 2.59. The number of hydrogen-bond acceptors (Lipinski definition) is 3. The molecular formula is C18H18ClN3O2. The lowest BCUT2D eigenvalue weighted by Crippen LogP contribution is -2.41. The molecule has 0 saturated heterocycles. The highest BCUT2D eigenvalue weighted by atomic mass is 35.5. The minimum atomic E-state index is -0.605. The van der Waals surface area contributed by atoms with E-state index < -0.39 is 6.04 Å². The SMILES string of the molecule is Cc1cc2c(cc1C)NC(CC(=O)Nc1ccc(Cl)cc1)C(=O)N2. The van der Waals surface area contributed by atoms with Gasteiger partial charge in [-0.3, -0.25) is 9.59 Å². The Labute approximate surface area is 145 Å². The van der Waals surface area contributed by atoms with Gasteiger partial charge in [0.05, 0.1) is 17.8 Å². The van der Waals surface area contributed by atoms with Crippen molar-refractivity contribution in [1.82, 2.24) is 0 Å². The average Bonchev–Trinajstić information content (AvgIpc) is 2.52. The van der Waals surface area contributed by atoms with Gasteiger partial charge in [0.15, 0.2) is 0 Å². The standard InChI is InChI=1S/C18H18ClN3O2/c1-10-7-14-15(8-11(10)2)22-18(24)16(21-14)9-17(23)20-13-5-3-12(19)4-6-13/h3-8,16,21H,9H2,1-2H3,(H,20,23)(H,22,24). The van der Waals surface area contributed by atoms with Crippen LogP contribution in [0.2, 0.25) is 5.02 Å². The Balaban J connectivity index is 1.68. The molecule has 0 aliphatic carbocycles. The van der Waals surface area contributed by atoms with Crippen molar-refractivity contribution in [2.75, 3.05) is 16.0 Å². The van der Waals surface area contributed by atoms with E-state index in [0.717, 1.165) is 22.5 Å². The molecule has 1 aliphatic rings. The van der Waals surface area contributed by atoms with Crippen LogP contribution < -0.4 is 16.0 Å². The van der Waals surface area contributed by atoms with Gasteiger partial charge in [-0.05, 0) is 61.4 Å². The molecule has 5 nitrogen and oxygen atoms in total. The lowest BCUT2D eigenvalue weighted by atomic mass is 10.0. The van der Waals surface area contributed by atoms with Crippen LogP contribution in [0.4, 0.5) is 17.1 Å². The summed E-state index contributed by atoms with van der Waals surface area (Å²) in [5, 5.41) is 9.37. The van der Waals surface area contributed by atoms with Gasteiger partial charge in [0.1, 0.15) is 6.04 Å². The van der Waals surface area contributed by atoms with Gasteiger partial charge in [0.25, 0.3) is 0 Å². The second-order valence-corrected chi connectivity index (χ2v) is 6.36. The monoisotopic (exact) mass is 343 g/mol. The van der Waals surface area contributed by atoms with Gasteiger partial charge in [0.2, 0.25) is 11.8 Å². The number of anilines is 3. The summed E-state index contributed by atoms with van der Waals surface area (Å²) in [7, 11) is 0. The van der Waals surface area contributed by atoms with Gasteiger partial charge in [-0.2, -0.15) is 0 Å². The summed E-state index contributed by atoms with van der Waals surface area (Å²) in [5.74, 6) is -0.450. The molecule has 3 rings (SSSR count). The molecule has 24 heavy (non-hydrogen) atoms. The zero-order chi connectivity index (χ0) is 17.3. The summed E-state index contributed by atoms with van der Waals surface area (Å²) in [4.78, 5) is 24.4. The zero-order valence-electron chi connectivity index (χ0n) is 13.4. The van der Waals surface area contributed by atoms with Crippen molar-refractivity contribution in [2.45, 2.75) is 26.3 Å². The first-order chi connectivity index (χ1) is 11.4. The van der Waals surface area contributed by atoms with Gasteiger partial charge in [0, 0.05) is 10.7 Å². The molecule has 0 fully saturated rings. The minimum absolute atomic E-state index is 0.0425. The first kappa shape index (κ1) is 16.3. The normalized spacial score (nSPS) is 16.0. The van der Waals surface area contributed by atoms with Crippen molar-refractivity contribution in [1.29, 1.82) is 0 Å². The fraction of sp³-hybridized carbons (Fsp3) is 0.222. The molecule has 0 radical (unpaired) electrons. The molecule has 0 bridgehead atoms. The van der Waals surface area contributed by atoms with Crippen LogP contribution in [0.3, 0.4) is 0 Å². The summed E-state index contributed by atoms with van der Waals surface area (Å²) >= 11 is 5.82. The highest BCUT2D eigenvalue weighted by molar-refractivity contribution is 6.30. The van der Waals surface area contributed by atoms with Crippen LogP contribution in [0.5, 0.6) is 0 Å². The molecule has 0 saturated carbocycles. The summed E-state index contributed by atoms with van der Waals surface area (Å²) < 4.78 is 0. The van der Waals surface area contributed by atoms with Gasteiger partial charge in [-0.25, -0.2) is 0 Å². The van der Waals surface area contributed by atoms with E-state index in [0.29, 0.717) is 10.7 Å².